The maximum Gasteiger partial charge on any atom is 0.150 e. The Morgan fingerprint density at radius 2 is 2.00 bits per heavy atom. The zero-order chi connectivity index (χ0) is 15.5. The molecule has 1 unspecified atom stereocenters. The predicted octanol–water partition coefficient (Wildman–Crippen LogP) is 2.57. The Hall–Kier alpha value is -1.39. The molecule has 0 radical (unpaired) electrons. The average molecular weight is 281 g/mol. The second-order valence-corrected chi connectivity index (χ2v) is 4.80. The fraction of sp³-hybridized carbons (Fsp3) is 0.562. The number of hydrogen-bond acceptors (Lipinski definition) is 4. The number of carbonyl (C=O) groups is 1. The summed E-state index contributed by atoms with van der Waals surface area (Å²) in [6.45, 7) is 6.34. The third-order valence-electron chi connectivity index (χ3n) is 3.22. The quantitative estimate of drug-likeness (QED) is 0.267. The van der Waals surface area contributed by atoms with E-state index < -0.39 is 0 Å². The van der Waals surface area contributed by atoms with E-state index in [-0.39, 0.29) is 0 Å². The first kappa shape index (κ1) is 18.6. The van der Waals surface area contributed by atoms with Crippen LogP contribution in [0.3, 0.4) is 0 Å². The highest BCUT2D eigenvalue weighted by Gasteiger charge is 2.14. The number of carbonyl (C=O) groups excluding carboxylic acids is 1. The lowest BCUT2D eigenvalue weighted by atomic mass is 9.96. The van der Waals surface area contributed by atoms with Gasteiger partial charge in [-0.25, -0.2) is 0 Å². The Kier molecular flexibility index (Phi) is 9.68. The number of allylic oxidation sites excluding steroid dienone is 2. The molecule has 0 N–H and O–H groups in total. The number of rotatable bonds is 10. The van der Waals surface area contributed by atoms with Crippen molar-refractivity contribution in [3.05, 3.63) is 35.6 Å². The van der Waals surface area contributed by atoms with Crippen LogP contribution in [-0.4, -0.2) is 52.1 Å². The zero-order valence-electron chi connectivity index (χ0n) is 13.3. The monoisotopic (exact) mass is 281 g/mol. The molecule has 0 aliphatic heterocycles. The summed E-state index contributed by atoms with van der Waals surface area (Å²) in [5.41, 5.74) is 1.55. The summed E-state index contributed by atoms with van der Waals surface area (Å²) in [5, 5.41) is 0. The van der Waals surface area contributed by atoms with E-state index in [4.69, 9.17) is 9.47 Å². The number of methoxy groups -OCH3 is 2. The Morgan fingerprint density at radius 1 is 1.35 bits per heavy atom. The molecule has 0 aliphatic rings. The van der Waals surface area contributed by atoms with Crippen LogP contribution in [0.15, 0.2) is 35.6 Å². The summed E-state index contributed by atoms with van der Waals surface area (Å²) in [4.78, 5) is 13.5. The molecule has 0 fully saturated rings. The van der Waals surface area contributed by atoms with Crippen molar-refractivity contribution in [1.82, 2.24) is 4.90 Å². The number of nitrogens with zero attached hydrogens (tertiary/aromatic N) is 1. The van der Waals surface area contributed by atoms with Gasteiger partial charge in [0.15, 0.2) is 0 Å². The molecule has 0 aromatic heterocycles. The largest absolute Gasteiger partial charge is 0.497 e. The van der Waals surface area contributed by atoms with Crippen LogP contribution >= 0.6 is 0 Å². The van der Waals surface area contributed by atoms with Gasteiger partial charge in [-0.05, 0) is 44.7 Å². The van der Waals surface area contributed by atoms with Gasteiger partial charge in [0.2, 0.25) is 0 Å². The van der Waals surface area contributed by atoms with E-state index in [1.165, 1.54) is 0 Å². The van der Waals surface area contributed by atoms with Gasteiger partial charge in [0, 0.05) is 18.7 Å². The molecule has 4 nitrogen and oxygen atoms in total. The molecule has 0 aromatic carbocycles. The standard InChI is InChI=1S/C16H27NO3/c1-7-16(17(3)4)11-15(10-13(2)20-6)14(12-18)8-9-19-5/h8,10,12,16H,2,7,9,11H2,1,3-6H3/b14-8-,15-10-. The molecule has 0 aromatic rings. The summed E-state index contributed by atoms with van der Waals surface area (Å²) in [6, 6.07) is 0.358. The van der Waals surface area contributed by atoms with Gasteiger partial charge in [-0.2, -0.15) is 0 Å². The first-order valence-corrected chi connectivity index (χ1v) is 6.74. The van der Waals surface area contributed by atoms with E-state index in [1.54, 1.807) is 20.3 Å². The van der Waals surface area contributed by atoms with E-state index in [0.717, 1.165) is 24.7 Å². The van der Waals surface area contributed by atoms with Gasteiger partial charge in [0.05, 0.1) is 13.7 Å². The van der Waals surface area contributed by atoms with Crippen molar-refractivity contribution in [2.75, 3.05) is 34.9 Å². The van der Waals surface area contributed by atoms with Crippen LogP contribution in [0.5, 0.6) is 0 Å². The van der Waals surface area contributed by atoms with Gasteiger partial charge in [0.1, 0.15) is 12.0 Å². The fourth-order valence-electron chi connectivity index (χ4n) is 1.89. The molecular formula is C16H27NO3. The highest BCUT2D eigenvalue weighted by Crippen LogP contribution is 2.20. The van der Waals surface area contributed by atoms with Gasteiger partial charge in [-0.3, -0.25) is 4.79 Å². The normalized spacial score (nSPS) is 14.3. The number of hydrogen-bond donors (Lipinski definition) is 0. The number of ether oxygens (including phenoxy) is 2. The van der Waals surface area contributed by atoms with Crippen molar-refractivity contribution in [3.8, 4) is 0 Å². The average Bonchev–Trinajstić information content (AvgIpc) is 2.44. The van der Waals surface area contributed by atoms with Crippen molar-refractivity contribution >= 4 is 6.29 Å². The molecule has 20 heavy (non-hydrogen) atoms. The first-order valence-electron chi connectivity index (χ1n) is 6.74. The third-order valence-corrected chi connectivity index (χ3v) is 3.22. The van der Waals surface area contributed by atoms with E-state index >= 15 is 0 Å². The molecule has 4 heteroatoms. The minimum Gasteiger partial charge on any atom is -0.497 e. The van der Waals surface area contributed by atoms with Crippen LogP contribution in [0.4, 0.5) is 0 Å². The number of aldehydes is 1. The molecule has 0 saturated carbocycles. The van der Waals surface area contributed by atoms with E-state index in [1.807, 2.05) is 20.2 Å². The van der Waals surface area contributed by atoms with Crippen molar-refractivity contribution < 1.29 is 14.3 Å². The van der Waals surface area contributed by atoms with E-state index in [0.29, 0.717) is 24.0 Å². The highest BCUT2D eigenvalue weighted by molar-refractivity contribution is 5.80. The van der Waals surface area contributed by atoms with Crippen LogP contribution in [0.25, 0.3) is 0 Å². The third kappa shape index (κ3) is 6.68. The molecule has 0 amide bonds. The molecule has 0 saturated heterocycles. The van der Waals surface area contributed by atoms with Crippen molar-refractivity contribution in [2.45, 2.75) is 25.8 Å². The van der Waals surface area contributed by atoms with Gasteiger partial charge in [-0.1, -0.05) is 13.5 Å². The summed E-state index contributed by atoms with van der Waals surface area (Å²) < 4.78 is 10.1. The lowest BCUT2D eigenvalue weighted by Gasteiger charge is -2.24. The van der Waals surface area contributed by atoms with Crippen molar-refractivity contribution in [3.63, 3.8) is 0 Å². The lowest BCUT2D eigenvalue weighted by Crippen LogP contribution is -2.28. The first-order chi connectivity index (χ1) is 9.49. The Balaban J connectivity index is 5.31. The Morgan fingerprint density at radius 3 is 2.40 bits per heavy atom. The highest BCUT2D eigenvalue weighted by atomic mass is 16.5. The maximum atomic E-state index is 11.3. The second-order valence-electron chi connectivity index (χ2n) is 4.80. The van der Waals surface area contributed by atoms with E-state index in [9.17, 15) is 4.79 Å². The van der Waals surface area contributed by atoms with E-state index in [2.05, 4.69) is 18.4 Å². The smallest absolute Gasteiger partial charge is 0.150 e. The van der Waals surface area contributed by atoms with Gasteiger partial charge in [0.25, 0.3) is 0 Å². The summed E-state index contributed by atoms with van der Waals surface area (Å²) >= 11 is 0. The van der Waals surface area contributed by atoms with Crippen molar-refractivity contribution in [2.24, 2.45) is 0 Å². The van der Waals surface area contributed by atoms with Crippen LogP contribution in [0.2, 0.25) is 0 Å². The predicted molar refractivity (Wildman–Crippen MR) is 82.6 cm³/mol. The Labute approximate surface area is 122 Å². The minimum absolute atomic E-state index is 0.358. The summed E-state index contributed by atoms with van der Waals surface area (Å²) in [6.07, 6.45) is 6.22. The van der Waals surface area contributed by atoms with Gasteiger partial charge < -0.3 is 14.4 Å². The topological polar surface area (TPSA) is 38.8 Å². The molecule has 0 spiro atoms. The zero-order valence-corrected chi connectivity index (χ0v) is 13.3. The fourth-order valence-corrected chi connectivity index (χ4v) is 1.89. The molecule has 0 aliphatic carbocycles. The SMILES string of the molecule is C=C(/C=C(CC(CC)N(C)C)\C(C=O)=C/COC)OC. The lowest BCUT2D eigenvalue weighted by molar-refractivity contribution is -0.104. The minimum atomic E-state index is 0.358. The van der Waals surface area contributed by atoms with Gasteiger partial charge in [-0.15, -0.1) is 0 Å². The molecule has 1 atom stereocenters. The molecule has 0 bridgehead atoms. The molecule has 0 rings (SSSR count). The van der Waals surface area contributed by atoms with Crippen LogP contribution in [0.1, 0.15) is 19.8 Å². The Bertz CT molecular complexity index is 370. The van der Waals surface area contributed by atoms with Crippen LogP contribution in [0, 0.1) is 0 Å². The molecule has 0 heterocycles. The summed E-state index contributed by atoms with van der Waals surface area (Å²) in [7, 11) is 7.25. The van der Waals surface area contributed by atoms with Crippen LogP contribution in [-0.2, 0) is 14.3 Å². The molecule has 114 valence electrons. The maximum absolute atomic E-state index is 11.3. The second kappa shape index (κ2) is 10.4. The summed E-state index contributed by atoms with van der Waals surface area (Å²) in [5.74, 6) is 0.541. The van der Waals surface area contributed by atoms with Gasteiger partial charge >= 0.3 is 0 Å². The molecular weight excluding hydrogens is 254 g/mol. The van der Waals surface area contributed by atoms with Crippen molar-refractivity contribution in [1.29, 1.82) is 0 Å². The van der Waals surface area contributed by atoms with Crippen LogP contribution < -0.4 is 0 Å².